The quantitative estimate of drug-likeness (QED) is 0.325. The summed E-state index contributed by atoms with van der Waals surface area (Å²) in [5, 5.41) is 8.99. The van der Waals surface area contributed by atoms with Crippen LogP contribution in [0.5, 0.6) is 0 Å². The highest BCUT2D eigenvalue weighted by molar-refractivity contribution is 5.98. The fraction of sp³-hybridized carbons (Fsp3) is 0.111. The number of hydrogen-bond donors (Lipinski definition) is 2. The van der Waals surface area contributed by atoms with Gasteiger partial charge in [-0.1, -0.05) is 18.7 Å². The molecule has 0 aliphatic carbocycles. The number of carboxylic acids is 1. The molecule has 29 heavy (non-hydrogen) atoms. The van der Waals surface area contributed by atoms with E-state index >= 15 is 0 Å². The molecule has 2 aromatic carbocycles. The molecule has 0 unspecified atom stereocenters. The van der Waals surface area contributed by atoms with Crippen molar-refractivity contribution in [3.63, 3.8) is 0 Å². The van der Waals surface area contributed by atoms with Crippen molar-refractivity contribution in [3.8, 4) is 0 Å². The second kappa shape index (κ2) is 7.95. The Morgan fingerprint density at radius 2 is 1.45 bits per heavy atom. The van der Waals surface area contributed by atoms with Gasteiger partial charge in [0.15, 0.2) is 0 Å². The smallest absolute Gasteiger partial charge is 0.416 e. The second-order valence-corrected chi connectivity index (χ2v) is 5.66. The monoisotopic (exact) mass is 418 g/mol. The van der Waals surface area contributed by atoms with Crippen LogP contribution in [0.3, 0.4) is 0 Å². The number of aromatic carboxylic acids is 1. The molecule has 0 saturated heterocycles. The molecule has 11 heteroatoms. The van der Waals surface area contributed by atoms with E-state index in [1.807, 2.05) is 0 Å². The number of carbonyl (C=O) groups is 1. The van der Waals surface area contributed by atoms with Gasteiger partial charge < -0.3 is 9.94 Å². The molecule has 3 N–H and O–H groups in total. The van der Waals surface area contributed by atoms with Gasteiger partial charge in [0.05, 0.1) is 22.4 Å². The topological polar surface area (TPSA) is 84.9 Å². The first-order valence-corrected chi connectivity index (χ1v) is 7.61. The molecule has 0 fully saturated rings. The molecule has 0 aliphatic rings. The Hall–Kier alpha value is -3.34. The van der Waals surface area contributed by atoms with Crippen LogP contribution in [0.15, 0.2) is 54.0 Å². The maximum Gasteiger partial charge on any atom is 0.416 e. The SMILES string of the molecule is C=C(N=C(ON)c1cc(C(F)(F)F)cc(C(F)(F)F)c1)c1cccc(C(=O)O)c1. The average molecular weight is 418 g/mol. The van der Waals surface area contributed by atoms with Crippen LogP contribution in [-0.2, 0) is 17.2 Å². The third-order valence-corrected chi connectivity index (χ3v) is 3.63. The van der Waals surface area contributed by atoms with E-state index in [9.17, 15) is 31.1 Å². The highest BCUT2D eigenvalue weighted by Crippen LogP contribution is 2.36. The van der Waals surface area contributed by atoms with Gasteiger partial charge in [-0.2, -0.15) is 32.2 Å². The first kappa shape index (κ1) is 22.0. The van der Waals surface area contributed by atoms with E-state index in [0.717, 1.165) is 6.07 Å². The van der Waals surface area contributed by atoms with Gasteiger partial charge >= 0.3 is 18.3 Å². The lowest BCUT2D eigenvalue weighted by Crippen LogP contribution is -2.17. The molecule has 0 atom stereocenters. The summed E-state index contributed by atoms with van der Waals surface area (Å²) in [5.41, 5.74) is -4.03. The Balaban J connectivity index is 2.56. The van der Waals surface area contributed by atoms with E-state index in [4.69, 9.17) is 11.0 Å². The predicted molar refractivity (Wildman–Crippen MR) is 90.7 cm³/mol. The predicted octanol–water partition coefficient (Wildman–Crippen LogP) is 4.73. The fourth-order valence-corrected chi connectivity index (χ4v) is 2.26. The first-order chi connectivity index (χ1) is 13.3. The molecule has 0 bridgehead atoms. The van der Waals surface area contributed by atoms with Crippen molar-refractivity contribution in [1.82, 2.24) is 0 Å². The average Bonchev–Trinajstić information content (AvgIpc) is 2.64. The van der Waals surface area contributed by atoms with Gasteiger partial charge in [0, 0.05) is 11.1 Å². The zero-order valence-corrected chi connectivity index (χ0v) is 14.3. The van der Waals surface area contributed by atoms with Crippen molar-refractivity contribution in [2.45, 2.75) is 12.4 Å². The lowest BCUT2D eigenvalue weighted by Gasteiger charge is -2.14. The zero-order chi connectivity index (χ0) is 22.0. The molecular weight excluding hydrogens is 406 g/mol. The Kier molecular flexibility index (Phi) is 6.02. The minimum atomic E-state index is -5.07. The molecule has 5 nitrogen and oxygen atoms in total. The third kappa shape index (κ3) is 5.35. The number of hydrogen-bond acceptors (Lipinski definition) is 4. The van der Waals surface area contributed by atoms with E-state index in [1.165, 1.54) is 18.2 Å². The number of nitrogens with zero attached hydrogens (tertiary/aromatic N) is 1. The van der Waals surface area contributed by atoms with Crippen molar-refractivity contribution >= 4 is 17.6 Å². The van der Waals surface area contributed by atoms with Gasteiger partial charge in [0.25, 0.3) is 0 Å². The summed E-state index contributed by atoms with van der Waals surface area (Å²) in [4.78, 5) is 19.1. The summed E-state index contributed by atoms with van der Waals surface area (Å²) in [5.74, 6) is 2.97. The second-order valence-electron chi connectivity index (χ2n) is 5.66. The van der Waals surface area contributed by atoms with Crippen molar-refractivity contribution in [1.29, 1.82) is 0 Å². The summed E-state index contributed by atoms with van der Waals surface area (Å²) in [6, 6.07) is 5.90. The summed E-state index contributed by atoms with van der Waals surface area (Å²) < 4.78 is 78.0. The van der Waals surface area contributed by atoms with Crippen molar-refractivity contribution in [3.05, 3.63) is 76.9 Å². The number of halogens is 6. The van der Waals surface area contributed by atoms with Crippen LogP contribution < -0.4 is 5.90 Å². The van der Waals surface area contributed by atoms with E-state index in [0.29, 0.717) is 12.1 Å². The van der Waals surface area contributed by atoms with Gasteiger partial charge in [0.1, 0.15) is 0 Å². The van der Waals surface area contributed by atoms with Gasteiger partial charge in [-0.3, -0.25) is 0 Å². The van der Waals surface area contributed by atoms with Gasteiger partial charge in [0.2, 0.25) is 5.90 Å². The normalized spacial score (nSPS) is 12.6. The summed E-state index contributed by atoms with van der Waals surface area (Å²) in [7, 11) is 0. The van der Waals surface area contributed by atoms with Crippen LogP contribution in [0.1, 0.15) is 32.6 Å². The maximum atomic E-state index is 13.0. The highest BCUT2D eigenvalue weighted by Gasteiger charge is 2.37. The summed E-state index contributed by atoms with van der Waals surface area (Å²) in [6.07, 6.45) is -10.1. The Morgan fingerprint density at radius 3 is 1.90 bits per heavy atom. The Labute approximate surface area is 159 Å². The largest absolute Gasteiger partial charge is 0.478 e. The van der Waals surface area contributed by atoms with E-state index in [1.54, 1.807) is 0 Å². The summed E-state index contributed by atoms with van der Waals surface area (Å²) in [6.45, 7) is 3.52. The van der Waals surface area contributed by atoms with Crippen molar-refractivity contribution in [2.75, 3.05) is 0 Å². The van der Waals surface area contributed by atoms with E-state index in [-0.39, 0.29) is 22.9 Å². The molecule has 0 amide bonds. The molecule has 0 heterocycles. The maximum absolute atomic E-state index is 13.0. The standard InChI is InChI=1S/C18H12F6N2O3/c1-9(10-3-2-4-11(5-10)16(27)28)26-15(29-25)12-6-13(17(19,20)21)8-14(7-12)18(22,23)24/h2-8H,1,25H2,(H,27,28). The summed E-state index contributed by atoms with van der Waals surface area (Å²) >= 11 is 0. The molecule has 0 saturated carbocycles. The third-order valence-electron chi connectivity index (χ3n) is 3.63. The lowest BCUT2D eigenvalue weighted by molar-refractivity contribution is -0.143. The molecule has 154 valence electrons. The van der Waals surface area contributed by atoms with Gasteiger partial charge in [-0.25, -0.2) is 9.79 Å². The Bertz CT molecular complexity index is 948. The molecule has 0 spiro atoms. The number of carboxylic acid groups (broad SMARTS) is 1. The van der Waals surface area contributed by atoms with Crippen molar-refractivity contribution in [2.24, 2.45) is 10.9 Å². The number of aliphatic imine (C=N–C) groups is 1. The molecule has 2 aromatic rings. The van der Waals surface area contributed by atoms with Crippen LogP contribution >= 0.6 is 0 Å². The minimum absolute atomic E-state index is 0.0528. The van der Waals surface area contributed by atoms with Crippen LogP contribution in [0.4, 0.5) is 26.3 Å². The fourth-order valence-electron chi connectivity index (χ4n) is 2.26. The molecule has 2 rings (SSSR count). The molecule has 0 aliphatic heterocycles. The molecule has 0 radical (unpaired) electrons. The highest BCUT2D eigenvalue weighted by atomic mass is 19.4. The van der Waals surface area contributed by atoms with E-state index < -0.39 is 40.9 Å². The first-order valence-electron chi connectivity index (χ1n) is 7.61. The van der Waals surface area contributed by atoms with Crippen LogP contribution in [0.25, 0.3) is 5.70 Å². The van der Waals surface area contributed by atoms with Crippen LogP contribution in [0.2, 0.25) is 0 Å². The minimum Gasteiger partial charge on any atom is -0.478 e. The van der Waals surface area contributed by atoms with Gasteiger partial charge in [-0.05, 0) is 30.3 Å². The number of nitrogens with two attached hydrogens (primary N) is 1. The van der Waals surface area contributed by atoms with E-state index in [2.05, 4.69) is 16.4 Å². The number of benzene rings is 2. The Morgan fingerprint density at radius 1 is 0.931 bits per heavy atom. The van der Waals surface area contributed by atoms with Gasteiger partial charge in [-0.15, -0.1) is 0 Å². The number of alkyl halides is 6. The zero-order valence-electron chi connectivity index (χ0n) is 14.3. The molecule has 0 aromatic heterocycles. The van der Waals surface area contributed by atoms with Crippen molar-refractivity contribution < 1.29 is 41.1 Å². The van der Waals surface area contributed by atoms with Crippen LogP contribution in [0, 0.1) is 0 Å². The number of rotatable bonds is 4. The lowest BCUT2D eigenvalue weighted by atomic mass is 10.0. The van der Waals surface area contributed by atoms with Crippen LogP contribution in [-0.4, -0.2) is 17.0 Å². The molecular formula is C18H12F6N2O3.